The second kappa shape index (κ2) is 7.30. The monoisotopic (exact) mass is 400 g/mol. The summed E-state index contributed by atoms with van der Waals surface area (Å²) in [5.41, 5.74) is 1.64. The van der Waals surface area contributed by atoms with Gasteiger partial charge in [0.25, 0.3) is 11.8 Å². The molecule has 3 aliphatic rings. The predicted molar refractivity (Wildman–Crippen MR) is 112 cm³/mol. The standard InChI is InChI=1S/C25H24N2O3/c1-2-18-7-6-10-20(17-18)23(28)26-15-13-25(14-16-26)24(29)27-21(11-12-22(27)30-25)19-8-4-3-5-9-19/h1,3-10,17,21-22H,11-16H2/t21-,22+/m0/s1. The van der Waals surface area contributed by atoms with E-state index in [1.54, 1.807) is 23.1 Å². The van der Waals surface area contributed by atoms with Crippen molar-refractivity contribution in [2.45, 2.75) is 43.6 Å². The Balaban J connectivity index is 1.30. The molecular formula is C25H24N2O3. The SMILES string of the molecule is C#Cc1cccc(C(=O)N2CCC3(CC2)O[C@@H]2CC[C@@H](c4ccccc4)N2C3=O)c1. The minimum Gasteiger partial charge on any atom is -0.342 e. The number of terminal acetylenes is 1. The molecule has 0 saturated carbocycles. The smallest absolute Gasteiger partial charge is 0.257 e. The van der Waals surface area contributed by atoms with Gasteiger partial charge >= 0.3 is 0 Å². The normalized spacial score (nSPS) is 24.7. The number of piperidine rings is 1. The molecule has 0 unspecified atom stereocenters. The molecule has 5 rings (SSSR count). The number of hydrogen-bond acceptors (Lipinski definition) is 3. The Labute approximate surface area is 176 Å². The lowest BCUT2D eigenvalue weighted by Gasteiger charge is -2.37. The molecule has 5 heteroatoms. The molecule has 1 spiro atoms. The summed E-state index contributed by atoms with van der Waals surface area (Å²) in [4.78, 5) is 30.1. The van der Waals surface area contributed by atoms with Gasteiger partial charge < -0.3 is 14.5 Å². The van der Waals surface area contributed by atoms with Crippen molar-refractivity contribution in [3.05, 3.63) is 71.3 Å². The van der Waals surface area contributed by atoms with Crippen molar-refractivity contribution >= 4 is 11.8 Å². The van der Waals surface area contributed by atoms with Gasteiger partial charge in [0.15, 0.2) is 5.60 Å². The minimum absolute atomic E-state index is 0.0462. The molecule has 3 saturated heterocycles. The second-order valence-corrected chi connectivity index (χ2v) is 8.30. The largest absolute Gasteiger partial charge is 0.342 e. The Morgan fingerprint density at radius 1 is 1.07 bits per heavy atom. The molecule has 3 heterocycles. The highest BCUT2D eigenvalue weighted by atomic mass is 16.6. The first kappa shape index (κ1) is 18.9. The van der Waals surface area contributed by atoms with Gasteiger partial charge in [0, 0.05) is 37.1 Å². The second-order valence-electron chi connectivity index (χ2n) is 8.30. The van der Waals surface area contributed by atoms with Crippen molar-refractivity contribution in [2.24, 2.45) is 0 Å². The number of likely N-dealkylation sites (tertiary alicyclic amines) is 1. The van der Waals surface area contributed by atoms with Crippen LogP contribution in [0.1, 0.15) is 53.2 Å². The number of nitrogens with zero attached hydrogens (tertiary/aromatic N) is 2. The van der Waals surface area contributed by atoms with E-state index >= 15 is 0 Å². The summed E-state index contributed by atoms with van der Waals surface area (Å²) in [6, 6.07) is 17.4. The van der Waals surface area contributed by atoms with Crippen molar-refractivity contribution < 1.29 is 14.3 Å². The fraction of sp³-hybridized carbons (Fsp3) is 0.360. The predicted octanol–water partition coefficient (Wildman–Crippen LogP) is 3.36. The number of benzene rings is 2. The molecule has 3 aliphatic heterocycles. The van der Waals surface area contributed by atoms with Crippen LogP contribution in [0.3, 0.4) is 0 Å². The highest BCUT2D eigenvalue weighted by Gasteiger charge is 2.58. The zero-order valence-corrected chi connectivity index (χ0v) is 16.8. The van der Waals surface area contributed by atoms with Gasteiger partial charge in [-0.05, 0) is 36.6 Å². The van der Waals surface area contributed by atoms with Crippen LogP contribution in [0, 0.1) is 12.3 Å². The molecule has 2 amide bonds. The summed E-state index contributed by atoms with van der Waals surface area (Å²) >= 11 is 0. The maximum atomic E-state index is 13.5. The van der Waals surface area contributed by atoms with Crippen LogP contribution in [-0.4, -0.2) is 46.5 Å². The molecule has 152 valence electrons. The number of fused-ring (bicyclic) bond motifs is 1. The van der Waals surface area contributed by atoms with Crippen molar-refractivity contribution in [3.63, 3.8) is 0 Å². The van der Waals surface area contributed by atoms with Crippen LogP contribution in [-0.2, 0) is 9.53 Å². The molecule has 2 atom stereocenters. The molecule has 0 aliphatic carbocycles. The zero-order chi connectivity index (χ0) is 20.7. The Hall–Kier alpha value is -3.10. The third-order valence-corrected chi connectivity index (χ3v) is 6.64. The van der Waals surface area contributed by atoms with Gasteiger partial charge in [-0.1, -0.05) is 42.3 Å². The molecule has 0 N–H and O–H groups in total. The van der Waals surface area contributed by atoms with Crippen LogP contribution < -0.4 is 0 Å². The fourth-order valence-electron chi connectivity index (χ4n) is 5.04. The Kier molecular flexibility index (Phi) is 4.60. The molecule has 2 aromatic carbocycles. The molecular weight excluding hydrogens is 376 g/mol. The van der Waals surface area contributed by atoms with Crippen LogP contribution in [0.25, 0.3) is 0 Å². The maximum absolute atomic E-state index is 13.5. The Morgan fingerprint density at radius 3 is 2.57 bits per heavy atom. The first-order chi connectivity index (χ1) is 14.6. The number of ether oxygens (including phenoxy) is 1. The van der Waals surface area contributed by atoms with Crippen molar-refractivity contribution in [3.8, 4) is 12.3 Å². The van der Waals surface area contributed by atoms with E-state index in [1.165, 1.54) is 0 Å². The van der Waals surface area contributed by atoms with E-state index in [9.17, 15) is 9.59 Å². The topological polar surface area (TPSA) is 49.9 Å². The molecule has 5 nitrogen and oxygen atoms in total. The summed E-state index contributed by atoms with van der Waals surface area (Å²) in [7, 11) is 0. The minimum atomic E-state index is -0.796. The fourth-order valence-corrected chi connectivity index (χ4v) is 5.04. The molecule has 0 aromatic heterocycles. The quantitative estimate of drug-likeness (QED) is 0.727. The van der Waals surface area contributed by atoms with Crippen LogP contribution in [0.15, 0.2) is 54.6 Å². The van der Waals surface area contributed by atoms with Gasteiger partial charge in [0.1, 0.15) is 6.23 Å². The van der Waals surface area contributed by atoms with Gasteiger partial charge in [-0.3, -0.25) is 9.59 Å². The van der Waals surface area contributed by atoms with Crippen LogP contribution in [0.4, 0.5) is 0 Å². The van der Waals surface area contributed by atoms with Gasteiger partial charge in [-0.15, -0.1) is 6.42 Å². The van der Waals surface area contributed by atoms with Gasteiger partial charge in [-0.25, -0.2) is 0 Å². The van der Waals surface area contributed by atoms with E-state index in [-0.39, 0.29) is 24.1 Å². The lowest BCUT2D eigenvalue weighted by Crippen LogP contribution is -2.51. The first-order valence-electron chi connectivity index (χ1n) is 10.5. The molecule has 2 aromatic rings. The van der Waals surface area contributed by atoms with E-state index in [4.69, 9.17) is 11.2 Å². The molecule has 30 heavy (non-hydrogen) atoms. The lowest BCUT2D eigenvalue weighted by molar-refractivity contribution is -0.142. The third kappa shape index (κ3) is 3.00. The van der Waals surface area contributed by atoms with E-state index in [0.29, 0.717) is 37.1 Å². The third-order valence-electron chi connectivity index (χ3n) is 6.64. The highest BCUT2D eigenvalue weighted by molar-refractivity contribution is 5.95. The zero-order valence-electron chi connectivity index (χ0n) is 16.8. The molecule has 0 bridgehead atoms. The number of amides is 2. The van der Waals surface area contributed by atoms with E-state index in [1.807, 2.05) is 29.2 Å². The van der Waals surface area contributed by atoms with Crippen molar-refractivity contribution in [2.75, 3.05) is 13.1 Å². The summed E-state index contributed by atoms with van der Waals surface area (Å²) in [6.45, 7) is 1.00. The van der Waals surface area contributed by atoms with Crippen molar-refractivity contribution in [1.82, 2.24) is 9.80 Å². The summed E-state index contributed by atoms with van der Waals surface area (Å²) in [6.07, 6.45) is 8.14. The summed E-state index contributed by atoms with van der Waals surface area (Å²) < 4.78 is 6.36. The van der Waals surface area contributed by atoms with Crippen molar-refractivity contribution in [1.29, 1.82) is 0 Å². The van der Waals surface area contributed by atoms with E-state index in [0.717, 1.165) is 18.4 Å². The average molecular weight is 400 g/mol. The van der Waals surface area contributed by atoms with Crippen LogP contribution >= 0.6 is 0 Å². The maximum Gasteiger partial charge on any atom is 0.257 e. The van der Waals surface area contributed by atoms with Gasteiger partial charge in [-0.2, -0.15) is 0 Å². The summed E-state index contributed by atoms with van der Waals surface area (Å²) in [5.74, 6) is 2.61. The number of carbonyl (C=O) groups is 2. The Bertz CT molecular complexity index is 1020. The lowest BCUT2D eigenvalue weighted by atomic mass is 9.89. The number of carbonyl (C=O) groups excluding carboxylic acids is 2. The van der Waals surface area contributed by atoms with Gasteiger partial charge in [0.05, 0.1) is 6.04 Å². The van der Waals surface area contributed by atoms with Crippen LogP contribution in [0.5, 0.6) is 0 Å². The average Bonchev–Trinajstić information content (AvgIpc) is 3.32. The van der Waals surface area contributed by atoms with Gasteiger partial charge in [0.2, 0.25) is 0 Å². The number of rotatable bonds is 2. The van der Waals surface area contributed by atoms with E-state index in [2.05, 4.69) is 18.1 Å². The highest BCUT2D eigenvalue weighted by Crippen LogP contribution is 2.47. The molecule has 0 radical (unpaired) electrons. The van der Waals surface area contributed by atoms with Crippen LogP contribution in [0.2, 0.25) is 0 Å². The Morgan fingerprint density at radius 2 is 1.83 bits per heavy atom. The first-order valence-corrected chi connectivity index (χ1v) is 10.5. The number of hydrogen-bond donors (Lipinski definition) is 0. The van der Waals surface area contributed by atoms with E-state index < -0.39 is 5.60 Å². The summed E-state index contributed by atoms with van der Waals surface area (Å²) in [5, 5.41) is 0. The molecule has 3 fully saturated rings.